The van der Waals surface area contributed by atoms with E-state index >= 15 is 0 Å². The van der Waals surface area contributed by atoms with Gasteiger partial charge in [-0.1, -0.05) is 25.7 Å². The average Bonchev–Trinajstić information content (AvgIpc) is 2.69. The summed E-state index contributed by atoms with van der Waals surface area (Å²) in [4.78, 5) is 16.8. The molecular formula is C15H22N2O2S. The molecule has 0 aliphatic heterocycles. The summed E-state index contributed by atoms with van der Waals surface area (Å²) in [6.45, 7) is 0.378. The van der Waals surface area contributed by atoms with Gasteiger partial charge in [-0.2, -0.15) is 0 Å². The number of hydrogen-bond donors (Lipinski definition) is 2. The number of nitrogens with one attached hydrogen (secondary N) is 1. The molecule has 0 spiro atoms. The molecule has 1 aliphatic rings. The van der Waals surface area contributed by atoms with Crippen LogP contribution in [0.5, 0.6) is 0 Å². The number of carbonyl (C=O) groups excluding carboxylic acids is 1. The van der Waals surface area contributed by atoms with Gasteiger partial charge in [-0.3, -0.25) is 9.78 Å². The van der Waals surface area contributed by atoms with Crippen LogP contribution in [0, 0.1) is 0 Å². The van der Waals surface area contributed by atoms with Gasteiger partial charge in [-0.05, 0) is 25.0 Å². The lowest BCUT2D eigenvalue weighted by Gasteiger charge is -2.26. The van der Waals surface area contributed by atoms with Crippen molar-refractivity contribution in [2.24, 2.45) is 0 Å². The Hall–Kier alpha value is -1.07. The summed E-state index contributed by atoms with van der Waals surface area (Å²) in [5, 5.41) is 13.3. The minimum atomic E-state index is -0.701. The lowest BCUT2D eigenvalue weighted by Crippen LogP contribution is -2.43. The predicted molar refractivity (Wildman–Crippen MR) is 80.6 cm³/mol. The summed E-state index contributed by atoms with van der Waals surface area (Å²) in [7, 11) is 0. The van der Waals surface area contributed by atoms with Gasteiger partial charge in [-0.15, -0.1) is 11.8 Å². The highest BCUT2D eigenvalue weighted by Crippen LogP contribution is 2.26. The second kappa shape index (κ2) is 7.64. The highest BCUT2D eigenvalue weighted by Gasteiger charge is 2.28. The van der Waals surface area contributed by atoms with Crippen LogP contribution in [0.4, 0.5) is 0 Å². The highest BCUT2D eigenvalue weighted by molar-refractivity contribution is 8.00. The Bertz CT molecular complexity index is 417. The first-order valence-electron chi connectivity index (χ1n) is 7.20. The van der Waals surface area contributed by atoms with Crippen molar-refractivity contribution in [3.63, 3.8) is 0 Å². The molecule has 4 nitrogen and oxygen atoms in total. The number of carbonyl (C=O) groups is 1. The molecule has 0 bridgehead atoms. The number of nitrogens with zero attached hydrogens (tertiary/aromatic N) is 1. The van der Waals surface area contributed by atoms with Crippen LogP contribution in [0.25, 0.3) is 0 Å². The van der Waals surface area contributed by atoms with E-state index in [0.717, 1.165) is 30.6 Å². The third kappa shape index (κ3) is 5.13. The number of aromatic nitrogens is 1. The number of pyridine rings is 1. The van der Waals surface area contributed by atoms with Crippen LogP contribution < -0.4 is 5.32 Å². The average molecular weight is 294 g/mol. The van der Waals surface area contributed by atoms with Gasteiger partial charge in [0.25, 0.3) is 0 Å². The summed E-state index contributed by atoms with van der Waals surface area (Å²) >= 11 is 1.48. The molecule has 0 unspecified atom stereocenters. The smallest absolute Gasteiger partial charge is 0.230 e. The standard InChI is InChI=1S/C15H22N2O2S/c18-14(11-20-13-5-9-16-10-6-13)17-12-15(19)7-3-1-2-4-8-15/h5-6,9-10,19H,1-4,7-8,11-12H2,(H,17,18). The quantitative estimate of drug-likeness (QED) is 0.646. The number of thioether (sulfide) groups is 1. The van der Waals surface area contributed by atoms with Crippen molar-refractivity contribution >= 4 is 17.7 Å². The molecule has 1 fully saturated rings. The van der Waals surface area contributed by atoms with Crippen molar-refractivity contribution < 1.29 is 9.90 Å². The number of aliphatic hydroxyl groups is 1. The first-order chi connectivity index (χ1) is 9.68. The van der Waals surface area contributed by atoms with Crippen molar-refractivity contribution in [2.75, 3.05) is 12.3 Å². The van der Waals surface area contributed by atoms with E-state index in [1.54, 1.807) is 12.4 Å². The number of rotatable bonds is 5. The summed E-state index contributed by atoms with van der Waals surface area (Å²) in [5.41, 5.74) is -0.701. The largest absolute Gasteiger partial charge is 0.388 e. The van der Waals surface area contributed by atoms with Crippen molar-refractivity contribution in [1.82, 2.24) is 10.3 Å². The lowest BCUT2D eigenvalue weighted by molar-refractivity contribution is -0.120. The molecule has 2 rings (SSSR count). The molecule has 0 saturated heterocycles. The van der Waals surface area contributed by atoms with E-state index in [1.165, 1.54) is 24.6 Å². The molecule has 1 heterocycles. The fourth-order valence-electron chi connectivity index (χ4n) is 2.46. The zero-order valence-electron chi connectivity index (χ0n) is 11.7. The molecule has 2 N–H and O–H groups in total. The van der Waals surface area contributed by atoms with Crippen LogP contribution >= 0.6 is 11.8 Å². The summed E-state index contributed by atoms with van der Waals surface area (Å²) in [6.07, 6.45) is 9.51. The fourth-order valence-corrected chi connectivity index (χ4v) is 3.17. The van der Waals surface area contributed by atoms with E-state index in [0.29, 0.717) is 12.3 Å². The van der Waals surface area contributed by atoms with Gasteiger partial charge in [0, 0.05) is 23.8 Å². The Morgan fingerprint density at radius 3 is 2.55 bits per heavy atom. The Morgan fingerprint density at radius 1 is 1.25 bits per heavy atom. The fraction of sp³-hybridized carbons (Fsp3) is 0.600. The Balaban J connectivity index is 1.71. The first kappa shape index (κ1) is 15.3. The summed E-state index contributed by atoms with van der Waals surface area (Å²) in [6, 6.07) is 3.77. The molecule has 0 atom stereocenters. The molecule has 110 valence electrons. The minimum absolute atomic E-state index is 0.0236. The van der Waals surface area contributed by atoms with Crippen molar-refractivity contribution in [1.29, 1.82) is 0 Å². The van der Waals surface area contributed by atoms with Gasteiger partial charge >= 0.3 is 0 Å². The number of hydrogen-bond acceptors (Lipinski definition) is 4. The molecule has 1 aliphatic carbocycles. The van der Waals surface area contributed by atoms with E-state index in [2.05, 4.69) is 10.3 Å². The Kier molecular flexibility index (Phi) is 5.86. The van der Waals surface area contributed by atoms with Crippen molar-refractivity contribution in [2.45, 2.75) is 49.0 Å². The monoisotopic (exact) mass is 294 g/mol. The number of amides is 1. The molecule has 1 aromatic heterocycles. The normalized spacial score (nSPS) is 18.2. The Labute approximate surface area is 124 Å². The predicted octanol–water partition coefficient (Wildman–Crippen LogP) is 2.38. The zero-order valence-corrected chi connectivity index (χ0v) is 12.5. The van der Waals surface area contributed by atoms with Crippen molar-refractivity contribution in [3.05, 3.63) is 24.5 Å². The minimum Gasteiger partial charge on any atom is -0.388 e. The van der Waals surface area contributed by atoms with Gasteiger partial charge in [0.2, 0.25) is 5.91 Å². The molecule has 0 radical (unpaired) electrons. The van der Waals surface area contributed by atoms with Gasteiger partial charge in [0.05, 0.1) is 11.4 Å². The van der Waals surface area contributed by atoms with Crippen LogP contribution in [0.3, 0.4) is 0 Å². The second-order valence-corrected chi connectivity index (χ2v) is 6.44. The molecule has 1 amide bonds. The maximum Gasteiger partial charge on any atom is 0.230 e. The van der Waals surface area contributed by atoms with Crippen LogP contribution in [-0.4, -0.2) is 33.9 Å². The third-order valence-corrected chi connectivity index (χ3v) is 4.68. The third-order valence-electron chi connectivity index (χ3n) is 3.67. The van der Waals surface area contributed by atoms with Gasteiger partial charge in [-0.25, -0.2) is 0 Å². The van der Waals surface area contributed by atoms with Crippen LogP contribution in [0.15, 0.2) is 29.4 Å². The lowest BCUT2D eigenvalue weighted by atomic mass is 9.94. The first-order valence-corrected chi connectivity index (χ1v) is 8.18. The maximum absolute atomic E-state index is 11.8. The summed E-state index contributed by atoms with van der Waals surface area (Å²) < 4.78 is 0. The van der Waals surface area contributed by atoms with Crippen molar-refractivity contribution in [3.8, 4) is 0 Å². The van der Waals surface area contributed by atoms with Gasteiger partial charge in [0.15, 0.2) is 0 Å². The van der Waals surface area contributed by atoms with Crippen LogP contribution in [0.2, 0.25) is 0 Å². The summed E-state index contributed by atoms with van der Waals surface area (Å²) in [5.74, 6) is 0.351. The van der Waals surface area contributed by atoms with E-state index in [-0.39, 0.29) is 5.91 Å². The van der Waals surface area contributed by atoms with Crippen LogP contribution in [0.1, 0.15) is 38.5 Å². The molecule has 5 heteroatoms. The van der Waals surface area contributed by atoms with E-state index in [9.17, 15) is 9.90 Å². The zero-order chi connectivity index (χ0) is 14.3. The topological polar surface area (TPSA) is 62.2 Å². The molecule has 1 saturated carbocycles. The molecular weight excluding hydrogens is 272 g/mol. The van der Waals surface area contributed by atoms with E-state index < -0.39 is 5.60 Å². The second-order valence-electron chi connectivity index (χ2n) is 5.39. The van der Waals surface area contributed by atoms with Gasteiger partial charge < -0.3 is 10.4 Å². The SMILES string of the molecule is O=C(CSc1ccncc1)NCC1(O)CCCCCC1. The Morgan fingerprint density at radius 2 is 1.90 bits per heavy atom. The van der Waals surface area contributed by atoms with E-state index in [1.807, 2.05) is 12.1 Å². The molecule has 1 aromatic rings. The van der Waals surface area contributed by atoms with Gasteiger partial charge in [0.1, 0.15) is 0 Å². The van der Waals surface area contributed by atoms with Crippen LogP contribution in [-0.2, 0) is 4.79 Å². The highest BCUT2D eigenvalue weighted by atomic mass is 32.2. The van der Waals surface area contributed by atoms with E-state index in [4.69, 9.17) is 0 Å². The molecule has 0 aromatic carbocycles. The maximum atomic E-state index is 11.8. The molecule has 20 heavy (non-hydrogen) atoms.